The number of ether oxygens (including phenoxy) is 2. The van der Waals surface area contributed by atoms with Gasteiger partial charge in [0.1, 0.15) is 29.2 Å². The van der Waals surface area contributed by atoms with Gasteiger partial charge in [-0.3, -0.25) is 9.59 Å². The molecule has 3 aromatic heterocycles. The Balaban J connectivity index is 1.16. The number of aromatic nitrogens is 4. The highest BCUT2D eigenvalue weighted by atomic mass is 19.1. The van der Waals surface area contributed by atoms with Crippen LogP contribution in [-0.2, 0) is 22.6 Å². The van der Waals surface area contributed by atoms with Crippen molar-refractivity contribution in [3.8, 4) is 22.3 Å². The highest BCUT2D eigenvalue weighted by Crippen LogP contribution is 2.34. The minimum atomic E-state index is -0.516. The Labute approximate surface area is 271 Å². The number of fused-ring (bicyclic) bond motifs is 1. The number of carbonyl (C=O) groups excluding carboxylic acids is 1. The van der Waals surface area contributed by atoms with Crippen LogP contribution in [0.15, 0.2) is 78.2 Å². The third-order valence-electron chi connectivity index (χ3n) is 9.22. The molecule has 1 amide bonds. The SMILES string of the molecule is Nc1ncnc2c1c(-c1ccc(NC(=O)c3cn(CC4CCOCC4)cc(-c4ccc(F)cc4)c3=O)cc1)cn2CC1CCOCC1. The maximum atomic E-state index is 13.7. The standard InChI is InChI=1S/C36H37FN6O4/c37-27-5-1-26(2-6-27)30-19-42(17-23-9-13-46-14-10-23)20-31(33(30)44)36(45)41-28-7-3-25(4-8-28)29-21-43(18-24-11-15-47-16-12-24)35-32(29)34(38)39-22-40-35/h1-8,19-24H,9-18H2,(H,41,45)(H2,38,39,40). The van der Waals surface area contributed by atoms with Crippen molar-refractivity contribution < 1.29 is 18.7 Å². The number of benzene rings is 2. The highest BCUT2D eigenvalue weighted by Gasteiger charge is 2.22. The van der Waals surface area contributed by atoms with Crippen molar-refractivity contribution in [3.63, 3.8) is 0 Å². The summed E-state index contributed by atoms with van der Waals surface area (Å²) in [7, 11) is 0. The smallest absolute Gasteiger partial charge is 0.261 e. The van der Waals surface area contributed by atoms with Crippen LogP contribution in [0.2, 0.25) is 0 Å². The van der Waals surface area contributed by atoms with E-state index >= 15 is 0 Å². The van der Waals surface area contributed by atoms with Crippen molar-refractivity contribution >= 4 is 28.4 Å². The number of anilines is 2. The number of nitrogens with two attached hydrogens (primary N) is 1. The van der Waals surface area contributed by atoms with E-state index < -0.39 is 17.2 Å². The molecule has 0 unspecified atom stereocenters. The number of halogens is 1. The van der Waals surface area contributed by atoms with Gasteiger partial charge in [0.05, 0.1) is 5.39 Å². The zero-order chi connectivity index (χ0) is 32.3. The van der Waals surface area contributed by atoms with Gasteiger partial charge in [0.25, 0.3) is 5.91 Å². The molecule has 2 fully saturated rings. The van der Waals surface area contributed by atoms with Gasteiger partial charge in [0.15, 0.2) is 0 Å². The van der Waals surface area contributed by atoms with Crippen molar-refractivity contribution in [2.75, 3.05) is 37.5 Å². The molecule has 7 rings (SSSR count). The summed E-state index contributed by atoms with van der Waals surface area (Å²) < 4.78 is 28.8. The van der Waals surface area contributed by atoms with Gasteiger partial charge in [-0.2, -0.15) is 0 Å². The Bertz CT molecular complexity index is 1940. The minimum Gasteiger partial charge on any atom is -0.383 e. The van der Waals surface area contributed by atoms with Gasteiger partial charge in [0, 0.05) is 74.9 Å². The number of pyridine rings is 1. The Morgan fingerprint density at radius 2 is 1.45 bits per heavy atom. The maximum absolute atomic E-state index is 13.7. The van der Waals surface area contributed by atoms with Crippen LogP contribution in [0.25, 0.3) is 33.3 Å². The lowest BCUT2D eigenvalue weighted by Crippen LogP contribution is -2.26. The first-order valence-corrected chi connectivity index (χ1v) is 16.1. The summed E-state index contributed by atoms with van der Waals surface area (Å²) in [6, 6.07) is 13.2. The zero-order valence-electron chi connectivity index (χ0n) is 26.0. The molecule has 47 heavy (non-hydrogen) atoms. The largest absolute Gasteiger partial charge is 0.383 e. The van der Waals surface area contributed by atoms with Crippen LogP contribution >= 0.6 is 0 Å². The van der Waals surface area contributed by atoms with E-state index in [4.69, 9.17) is 15.2 Å². The van der Waals surface area contributed by atoms with E-state index in [9.17, 15) is 14.0 Å². The van der Waals surface area contributed by atoms with E-state index in [-0.39, 0.29) is 5.56 Å². The summed E-state index contributed by atoms with van der Waals surface area (Å²) in [5.41, 5.74) is 9.98. The number of nitrogen functional groups attached to an aromatic ring is 1. The van der Waals surface area contributed by atoms with E-state index in [1.807, 2.05) is 16.7 Å². The highest BCUT2D eigenvalue weighted by molar-refractivity contribution is 6.05. The molecule has 2 saturated heterocycles. The normalized spacial score (nSPS) is 16.0. The third kappa shape index (κ3) is 6.68. The van der Waals surface area contributed by atoms with Gasteiger partial charge in [-0.05, 0) is 72.9 Å². The van der Waals surface area contributed by atoms with Crippen LogP contribution in [-0.4, -0.2) is 51.4 Å². The lowest BCUT2D eigenvalue weighted by molar-refractivity contribution is 0.0611. The molecule has 5 aromatic rings. The van der Waals surface area contributed by atoms with Crippen LogP contribution in [0.5, 0.6) is 0 Å². The number of nitrogens with one attached hydrogen (secondary N) is 1. The molecule has 0 aliphatic carbocycles. The molecule has 2 aromatic carbocycles. The molecule has 10 nitrogen and oxygen atoms in total. The lowest BCUT2D eigenvalue weighted by Gasteiger charge is -2.23. The average Bonchev–Trinajstić information content (AvgIpc) is 3.46. The monoisotopic (exact) mass is 636 g/mol. The number of rotatable bonds is 8. The number of nitrogens with zero attached hydrogens (tertiary/aromatic N) is 4. The van der Waals surface area contributed by atoms with Crippen LogP contribution in [0, 0.1) is 17.7 Å². The molecule has 0 atom stereocenters. The Morgan fingerprint density at radius 3 is 2.13 bits per heavy atom. The number of carbonyl (C=O) groups is 1. The Hall–Kier alpha value is -4.87. The maximum Gasteiger partial charge on any atom is 0.261 e. The van der Waals surface area contributed by atoms with Gasteiger partial charge in [-0.15, -0.1) is 0 Å². The number of hydrogen-bond donors (Lipinski definition) is 2. The van der Waals surface area contributed by atoms with E-state index in [0.29, 0.717) is 54.2 Å². The summed E-state index contributed by atoms with van der Waals surface area (Å²) in [6.45, 7) is 4.36. The molecular weight excluding hydrogens is 599 g/mol. The second kappa shape index (κ2) is 13.5. The third-order valence-corrected chi connectivity index (χ3v) is 9.22. The van der Waals surface area contributed by atoms with Gasteiger partial charge in [-0.1, -0.05) is 24.3 Å². The number of amides is 1. The molecule has 2 aliphatic heterocycles. The zero-order valence-corrected chi connectivity index (χ0v) is 26.0. The first-order valence-electron chi connectivity index (χ1n) is 16.1. The van der Waals surface area contributed by atoms with Crippen LogP contribution in [0.1, 0.15) is 36.0 Å². The summed E-state index contributed by atoms with van der Waals surface area (Å²) in [6.07, 6.45) is 10.7. The van der Waals surface area contributed by atoms with Crippen molar-refractivity contribution in [1.29, 1.82) is 0 Å². The van der Waals surface area contributed by atoms with Gasteiger partial charge >= 0.3 is 0 Å². The molecule has 2 aliphatic rings. The molecule has 0 radical (unpaired) electrons. The van der Waals surface area contributed by atoms with Crippen LogP contribution < -0.4 is 16.5 Å². The molecule has 5 heterocycles. The van der Waals surface area contributed by atoms with E-state index in [1.54, 1.807) is 36.7 Å². The number of hydrogen-bond acceptors (Lipinski definition) is 7. The van der Waals surface area contributed by atoms with Gasteiger partial charge < -0.3 is 29.7 Å². The Kier molecular flexibility index (Phi) is 8.82. The van der Waals surface area contributed by atoms with E-state index in [0.717, 1.165) is 67.6 Å². The second-order valence-corrected chi connectivity index (χ2v) is 12.4. The molecule has 0 bridgehead atoms. The lowest BCUT2D eigenvalue weighted by atomic mass is 9.99. The van der Waals surface area contributed by atoms with Crippen molar-refractivity contribution in [1.82, 2.24) is 19.1 Å². The van der Waals surface area contributed by atoms with Crippen molar-refractivity contribution in [2.24, 2.45) is 11.8 Å². The Morgan fingerprint density at radius 1 is 0.830 bits per heavy atom. The van der Waals surface area contributed by atoms with E-state index in [2.05, 4.69) is 26.0 Å². The van der Waals surface area contributed by atoms with E-state index in [1.165, 1.54) is 18.5 Å². The fourth-order valence-electron chi connectivity index (χ4n) is 6.60. The summed E-state index contributed by atoms with van der Waals surface area (Å²) in [4.78, 5) is 36.1. The van der Waals surface area contributed by atoms with Crippen LogP contribution in [0.4, 0.5) is 15.9 Å². The minimum absolute atomic E-state index is 0.0177. The quantitative estimate of drug-likeness (QED) is 0.222. The van der Waals surface area contributed by atoms with Gasteiger partial charge in [-0.25, -0.2) is 14.4 Å². The topological polar surface area (TPSA) is 126 Å². The molecule has 242 valence electrons. The first kappa shape index (κ1) is 30.8. The molecule has 11 heteroatoms. The summed E-state index contributed by atoms with van der Waals surface area (Å²) in [5, 5.41) is 3.70. The molecule has 3 N–H and O–H groups in total. The van der Waals surface area contributed by atoms with Gasteiger partial charge in [0.2, 0.25) is 5.43 Å². The second-order valence-electron chi connectivity index (χ2n) is 12.4. The van der Waals surface area contributed by atoms with Crippen LogP contribution in [0.3, 0.4) is 0 Å². The molecule has 0 spiro atoms. The van der Waals surface area contributed by atoms with Crippen molar-refractivity contribution in [3.05, 3.63) is 95.1 Å². The predicted molar refractivity (Wildman–Crippen MR) is 179 cm³/mol. The van der Waals surface area contributed by atoms with Crippen molar-refractivity contribution in [2.45, 2.75) is 38.8 Å². The summed E-state index contributed by atoms with van der Waals surface area (Å²) in [5.74, 6) is 0.346. The summed E-state index contributed by atoms with van der Waals surface area (Å²) >= 11 is 0. The average molecular weight is 637 g/mol. The fourth-order valence-corrected chi connectivity index (χ4v) is 6.60. The molecule has 0 saturated carbocycles. The predicted octanol–water partition coefficient (Wildman–Crippen LogP) is 5.75. The first-order chi connectivity index (χ1) is 22.9. The fraction of sp³-hybridized carbons (Fsp3) is 0.333. The molecular formula is C36H37FN6O4.